The summed E-state index contributed by atoms with van der Waals surface area (Å²) in [4.78, 5) is 57.3. The zero-order chi connectivity index (χ0) is 30.6. The van der Waals surface area contributed by atoms with Gasteiger partial charge in [-0.1, -0.05) is 47.1 Å². The molecule has 2 heterocycles. The number of hydrogen-bond donors (Lipinski definition) is 1. The highest BCUT2D eigenvalue weighted by molar-refractivity contribution is 5.97. The molecule has 3 rings (SSSR count). The Labute approximate surface area is 245 Å². The smallest absolute Gasteiger partial charge is 0.271 e. The number of fused-ring (bicyclic) bond motifs is 1. The zero-order valence-electron chi connectivity index (χ0n) is 26.1. The summed E-state index contributed by atoms with van der Waals surface area (Å²) in [6.45, 7) is 15.4. The van der Waals surface area contributed by atoms with Gasteiger partial charge in [-0.3, -0.25) is 29.4 Å². The van der Waals surface area contributed by atoms with Gasteiger partial charge < -0.3 is 15.1 Å². The monoisotopic (exact) mass is 571 g/mol. The first-order chi connectivity index (χ1) is 19.2. The molecule has 0 aliphatic carbocycles. The van der Waals surface area contributed by atoms with E-state index in [9.17, 15) is 24.5 Å². The number of piperidine rings is 1. The molecule has 10 heteroatoms. The van der Waals surface area contributed by atoms with Crippen LogP contribution < -0.4 is 10.2 Å². The first-order valence-corrected chi connectivity index (χ1v) is 15.2. The number of carbonyl (C=O) groups excluding carboxylic acids is 3. The lowest BCUT2D eigenvalue weighted by atomic mass is 9.90. The summed E-state index contributed by atoms with van der Waals surface area (Å²) in [6.07, 6.45) is 3.96. The third-order valence-electron chi connectivity index (χ3n) is 8.81. The number of benzene rings is 1. The number of amides is 3. The maximum atomic E-state index is 13.9. The van der Waals surface area contributed by atoms with Crippen LogP contribution in [0.1, 0.15) is 79.7 Å². The number of nitrogens with one attached hydrogen (secondary N) is 1. The Kier molecular flexibility index (Phi) is 10.9. The van der Waals surface area contributed by atoms with Crippen LogP contribution >= 0.6 is 0 Å². The molecular weight excluding hydrogens is 522 g/mol. The summed E-state index contributed by atoms with van der Waals surface area (Å²) < 4.78 is 0. The normalized spacial score (nSPS) is 19.7. The summed E-state index contributed by atoms with van der Waals surface area (Å²) in [7, 11) is 1.77. The van der Waals surface area contributed by atoms with Crippen molar-refractivity contribution < 1.29 is 19.3 Å². The maximum Gasteiger partial charge on any atom is 0.271 e. The Morgan fingerprint density at radius 3 is 2.32 bits per heavy atom. The van der Waals surface area contributed by atoms with Crippen molar-refractivity contribution in [3.05, 3.63) is 33.9 Å². The van der Waals surface area contributed by atoms with E-state index in [1.54, 1.807) is 22.9 Å². The van der Waals surface area contributed by atoms with Crippen LogP contribution in [0.5, 0.6) is 0 Å². The van der Waals surface area contributed by atoms with Crippen LogP contribution in [0.25, 0.3) is 0 Å². The van der Waals surface area contributed by atoms with Crippen LogP contribution in [-0.4, -0.2) is 76.7 Å². The zero-order valence-corrected chi connectivity index (χ0v) is 26.1. The number of rotatable bonds is 11. The Morgan fingerprint density at radius 1 is 1.05 bits per heavy atom. The van der Waals surface area contributed by atoms with Crippen molar-refractivity contribution in [1.29, 1.82) is 0 Å². The molecule has 4 unspecified atom stereocenters. The largest absolute Gasteiger partial charge is 0.343 e. The van der Waals surface area contributed by atoms with Gasteiger partial charge in [-0.25, -0.2) is 0 Å². The highest BCUT2D eigenvalue weighted by Gasteiger charge is 2.38. The Morgan fingerprint density at radius 2 is 1.73 bits per heavy atom. The third kappa shape index (κ3) is 7.45. The number of hydrogen-bond acceptors (Lipinski definition) is 6. The minimum absolute atomic E-state index is 0.0343. The van der Waals surface area contributed by atoms with Gasteiger partial charge in [-0.2, -0.15) is 0 Å². The summed E-state index contributed by atoms with van der Waals surface area (Å²) in [5.74, 6) is -0.781. The Hall–Kier alpha value is -3.01. The van der Waals surface area contributed by atoms with E-state index in [4.69, 9.17) is 0 Å². The van der Waals surface area contributed by atoms with Crippen molar-refractivity contribution in [2.75, 3.05) is 25.0 Å². The fourth-order valence-corrected chi connectivity index (χ4v) is 6.32. The molecular formula is C31H49N5O5. The number of likely N-dealkylation sites (tertiary alicyclic amines) is 1. The van der Waals surface area contributed by atoms with E-state index in [0.29, 0.717) is 25.1 Å². The molecule has 1 aromatic carbocycles. The number of nitrogens with zero attached hydrogens (tertiary/aromatic N) is 4. The van der Waals surface area contributed by atoms with Crippen LogP contribution in [0.3, 0.4) is 0 Å². The summed E-state index contributed by atoms with van der Waals surface area (Å²) >= 11 is 0. The minimum atomic E-state index is -0.665. The summed E-state index contributed by atoms with van der Waals surface area (Å²) in [5, 5.41) is 14.4. The van der Waals surface area contributed by atoms with E-state index >= 15 is 0 Å². The summed E-state index contributed by atoms with van der Waals surface area (Å²) in [6, 6.07) is 3.80. The molecule has 1 fully saturated rings. The number of likely N-dealkylation sites (N-methyl/N-ethyl adjacent to an activating group) is 1. The van der Waals surface area contributed by atoms with Gasteiger partial charge in [-0.15, -0.1) is 0 Å². The molecule has 2 aliphatic rings. The molecule has 0 aromatic heterocycles. The molecule has 0 radical (unpaired) electrons. The molecule has 228 valence electrons. The van der Waals surface area contributed by atoms with Gasteiger partial charge in [0.1, 0.15) is 6.04 Å². The van der Waals surface area contributed by atoms with E-state index in [2.05, 4.69) is 24.1 Å². The lowest BCUT2D eigenvalue weighted by Gasteiger charge is -2.40. The number of anilines is 1. The number of non-ortho nitro benzene ring substituents is 1. The van der Waals surface area contributed by atoms with Gasteiger partial charge in [0.05, 0.1) is 16.7 Å². The second-order valence-electron chi connectivity index (χ2n) is 12.8. The van der Waals surface area contributed by atoms with Crippen molar-refractivity contribution in [1.82, 2.24) is 15.1 Å². The molecule has 0 bridgehead atoms. The molecule has 1 saturated heterocycles. The predicted octanol–water partition coefficient (Wildman–Crippen LogP) is 4.40. The van der Waals surface area contributed by atoms with Gasteiger partial charge in [-0.05, 0) is 63.5 Å². The Balaban J connectivity index is 1.73. The van der Waals surface area contributed by atoms with E-state index in [1.807, 2.05) is 34.6 Å². The average Bonchev–Trinajstić information content (AvgIpc) is 3.36. The number of carbonyl (C=O) groups is 3. The van der Waals surface area contributed by atoms with Crippen molar-refractivity contribution in [2.45, 2.75) is 105 Å². The van der Waals surface area contributed by atoms with Gasteiger partial charge in [0.2, 0.25) is 17.7 Å². The SMILES string of the molecule is CC(CC(C(C)C)N(C)C(=O)C(NC(=O)C1CCCCN1C(C)C)C(C)C)C(=O)N1CCc2ccc([N+](=O)[O-])cc21. The lowest BCUT2D eigenvalue weighted by Crippen LogP contribution is -2.59. The second kappa shape index (κ2) is 13.8. The maximum absolute atomic E-state index is 13.9. The van der Waals surface area contributed by atoms with Gasteiger partial charge in [0.15, 0.2) is 0 Å². The fraction of sp³-hybridized carbons (Fsp3) is 0.710. The quantitative estimate of drug-likeness (QED) is 0.311. The molecule has 4 atom stereocenters. The molecule has 1 N–H and O–H groups in total. The van der Waals surface area contributed by atoms with Crippen LogP contribution in [-0.2, 0) is 20.8 Å². The van der Waals surface area contributed by atoms with Gasteiger partial charge >= 0.3 is 0 Å². The van der Waals surface area contributed by atoms with E-state index in [1.165, 1.54) is 12.1 Å². The molecule has 0 saturated carbocycles. The number of nitro groups is 1. The van der Waals surface area contributed by atoms with Crippen molar-refractivity contribution in [3.63, 3.8) is 0 Å². The minimum Gasteiger partial charge on any atom is -0.343 e. The molecule has 10 nitrogen and oxygen atoms in total. The highest BCUT2D eigenvalue weighted by atomic mass is 16.6. The first kappa shape index (κ1) is 32.5. The molecule has 1 aromatic rings. The highest BCUT2D eigenvalue weighted by Crippen LogP contribution is 2.34. The van der Waals surface area contributed by atoms with Crippen LogP contribution in [0.15, 0.2) is 18.2 Å². The van der Waals surface area contributed by atoms with Crippen molar-refractivity contribution >= 4 is 29.1 Å². The second-order valence-corrected chi connectivity index (χ2v) is 12.8. The lowest BCUT2D eigenvalue weighted by molar-refractivity contribution is -0.384. The van der Waals surface area contributed by atoms with Crippen LogP contribution in [0, 0.1) is 27.9 Å². The Bertz CT molecular complexity index is 1120. The first-order valence-electron chi connectivity index (χ1n) is 15.2. The third-order valence-corrected chi connectivity index (χ3v) is 8.81. The van der Waals surface area contributed by atoms with Gasteiger partial charge in [0.25, 0.3) is 5.69 Å². The summed E-state index contributed by atoms with van der Waals surface area (Å²) in [5.41, 5.74) is 1.49. The standard InChI is InChI=1S/C31H49N5O5/c1-19(2)26(17-22(7)30(38)35-16-14-23-12-13-24(36(40)41)18-27(23)35)33(8)31(39)28(20(3)4)32-29(37)25-11-9-10-15-34(25)21(5)6/h12-13,18-22,25-26,28H,9-11,14-17H2,1-8H3,(H,32,37). The predicted molar refractivity (Wildman–Crippen MR) is 161 cm³/mol. The van der Waals surface area contributed by atoms with Crippen molar-refractivity contribution in [2.24, 2.45) is 17.8 Å². The molecule has 41 heavy (non-hydrogen) atoms. The van der Waals surface area contributed by atoms with Crippen molar-refractivity contribution in [3.8, 4) is 0 Å². The molecule has 2 aliphatic heterocycles. The molecule has 3 amide bonds. The topological polar surface area (TPSA) is 116 Å². The van der Waals surface area contributed by atoms with Gasteiger partial charge in [0, 0.05) is 43.7 Å². The number of nitro benzene ring substituents is 1. The fourth-order valence-electron chi connectivity index (χ4n) is 6.32. The van der Waals surface area contributed by atoms with Crippen LogP contribution in [0.4, 0.5) is 11.4 Å². The van der Waals surface area contributed by atoms with Crippen LogP contribution in [0.2, 0.25) is 0 Å². The molecule has 0 spiro atoms. The van der Waals surface area contributed by atoms with E-state index in [-0.39, 0.29) is 53.4 Å². The van der Waals surface area contributed by atoms with E-state index < -0.39 is 16.9 Å². The average molecular weight is 572 g/mol. The van der Waals surface area contributed by atoms with E-state index in [0.717, 1.165) is 31.4 Å².